The van der Waals surface area contributed by atoms with Crippen LogP contribution >= 0.6 is 0 Å². The van der Waals surface area contributed by atoms with Crippen molar-refractivity contribution in [2.45, 2.75) is 25.3 Å². The van der Waals surface area contributed by atoms with E-state index in [-0.39, 0.29) is 5.75 Å². The predicted molar refractivity (Wildman–Crippen MR) is 92.8 cm³/mol. The highest BCUT2D eigenvalue weighted by Crippen LogP contribution is 2.27. The van der Waals surface area contributed by atoms with Gasteiger partial charge >= 0.3 is 6.36 Å². The maximum atomic E-state index is 12.4. The molecule has 0 spiro atoms. The van der Waals surface area contributed by atoms with Crippen molar-refractivity contribution in [3.63, 3.8) is 0 Å². The van der Waals surface area contributed by atoms with Gasteiger partial charge in [0, 0.05) is 25.0 Å². The molecule has 144 valence electrons. The molecule has 0 aliphatic carbocycles. The number of benzene rings is 1. The van der Waals surface area contributed by atoms with E-state index in [1.54, 1.807) is 19.2 Å². The van der Waals surface area contributed by atoms with Crippen LogP contribution in [0.2, 0.25) is 0 Å². The molecule has 2 heterocycles. The fourth-order valence-corrected chi connectivity index (χ4v) is 2.83. The summed E-state index contributed by atoms with van der Waals surface area (Å²) in [4.78, 5) is 18.4. The normalized spacial score (nSPS) is 19.8. The number of aromatic nitrogens is 1. The highest BCUT2D eigenvalue weighted by Gasteiger charge is 2.32. The summed E-state index contributed by atoms with van der Waals surface area (Å²) in [5.74, 6) is -0.815. The summed E-state index contributed by atoms with van der Waals surface area (Å²) >= 11 is 0. The van der Waals surface area contributed by atoms with Crippen LogP contribution in [0.4, 0.5) is 24.5 Å². The van der Waals surface area contributed by atoms with Gasteiger partial charge in [0.05, 0.1) is 23.0 Å². The number of β-amino-alcohol motifs (C(OH)–C–C–N with tert-alkyl or cyclic N) is 1. The van der Waals surface area contributed by atoms with Crippen molar-refractivity contribution < 1.29 is 27.8 Å². The van der Waals surface area contributed by atoms with Crippen molar-refractivity contribution >= 4 is 17.3 Å². The van der Waals surface area contributed by atoms with Crippen LogP contribution in [0.15, 0.2) is 42.7 Å². The lowest BCUT2D eigenvalue weighted by molar-refractivity contribution is -0.274. The van der Waals surface area contributed by atoms with Gasteiger partial charge in [0.25, 0.3) is 5.91 Å². The minimum atomic E-state index is -4.77. The molecule has 1 aliphatic heterocycles. The van der Waals surface area contributed by atoms with Gasteiger partial charge in [-0.15, -0.1) is 13.2 Å². The van der Waals surface area contributed by atoms with Crippen LogP contribution in [-0.2, 0) is 0 Å². The first-order valence-corrected chi connectivity index (χ1v) is 8.21. The first-order chi connectivity index (χ1) is 12.6. The molecule has 3 rings (SSSR count). The van der Waals surface area contributed by atoms with E-state index in [0.717, 1.165) is 12.1 Å². The molecule has 9 heteroatoms. The molecular formula is C18H18F3N3O3. The summed E-state index contributed by atoms with van der Waals surface area (Å²) in [6.45, 7) is 2.85. The van der Waals surface area contributed by atoms with Crippen LogP contribution in [0.3, 0.4) is 0 Å². The molecule has 2 N–H and O–H groups in total. The van der Waals surface area contributed by atoms with Gasteiger partial charge in [-0.3, -0.25) is 9.78 Å². The van der Waals surface area contributed by atoms with Crippen LogP contribution < -0.4 is 15.0 Å². The maximum absolute atomic E-state index is 12.4. The van der Waals surface area contributed by atoms with E-state index in [2.05, 4.69) is 15.0 Å². The average Bonchev–Trinajstić information content (AvgIpc) is 2.95. The molecule has 1 fully saturated rings. The Morgan fingerprint density at radius 2 is 2.00 bits per heavy atom. The second kappa shape index (κ2) is 7.07. The average molecular weight is 381 g/mol. The number of pyridine rings is 1. The Morgan fingerprint density at radius 1 is 1.30 bits per heavy atom. The van der Waals surface area contributed by atoms with Crippen molar-refractivity contribution in [2.75, 3.05) is 23.3 Å². The van der Waals surface area contributed by atoms with Gasteiger partial charge in [-0.25, -0.2) is 0 Å². The largest absolute Gasteiger partial charge is 0.573 e. The molecule has 27 heavy (non-hydrogen) atoms. The summed E-state index contributed by atoms with van der Waals surface area (Å²) in [7, 11) is 0. The van der Waals surface area contributed by atoms with Gasteiger partial charge in [0.2, 0.25) is 0 Å². The Morgan fingerprint density at radius 3 is 2.59 bits per heavy atom. The molecular weight excluding hydrogens is 363 g/mol. The standard InChI is InChI=1S/C18H18F3N3O3/c1-17(26)6-7-24(11-17)14-8-12(9-22-10-14)16(25)23-13-2-4-15(5-3-13)27-18(19,20)21/h2-5,8-10,26H,6-7,11H2,1H3,(H,23,25). The summed E-state index contributed by atoms with van der Waals surface area (Å²) in [5.41, 5.74) is 0.562. The number of hydrogen-bond donors (Lipinski definition) is 2. The SMILES string of the molecule is CC1(O)CCN(c2cncc(C(=O)Nc3ccc(OC(F)(F)F)cc3)c2)C1. The lowest BCUT2D eigenvalue weighted by Gasteiger charge is -2.20. The van der Waals surface area contributed by atoms with E-state index in [9.17, 15) is 23.1 Å². The number of ether oxygens (including phenoxy) is 1. The van der Waals surface area contributed by atoms with E-state index in [0.29, 0.717) is 36.4 Å². The van der Waals surface area contributed by atoms with Crippen molar-refractivity contribution in [1.29, 1.82) is 0 Å². The third-order valence-electron chi connectivity index (χ3n) is 4.15. The van der Waals surface area contributed by atoms with Crippen LogP contribution in [-0.4, -0.2) is 41.1 Å². The minimum Gasteiger partial charge on any atom is -0.406 e. The molecule has 0 saturated carbocycles. The van der Waals surface area contributed by atoms with E-state index >= 15 is 0 Å². The van der Waals surface area contributed by atoms with Gasteiger partial charge in [-0.05, 0) is 43.7 Å². The molecule has 1 aromatic heterocycles. The lowest BCUT2D eigenvalue weighted by Crippen LogP contribution is -2.29. The number of aliphatic hydroxyl groups is 1. The Bertz CT molecular complexity index is 823. The van der Waals surface area contributed by atoms with Gasteiger partial charge in [-0.2, -0.15) is 0 Å². The zero-order valence-electron chi connectivity index (χ0n) is 14.5. The van der Waals surface area contributed by atoms with Crippen LogP contribution in [0.25, 0.3) is 0 Å². The number of carbonyl (C=O) groups is 1. The van der Waals surface area contributed by atoms with Crippen LogP contribution in [0.1, 0.15) is 23.7 Å². The van der Waals surface area contributed by atoms with Gasteiger partial charge in [0.1, 0.15) is 5.75 Å². The highest BCUT2D eigenvalue weighted by molar-refractivity contribution is 6.04. The molecule has 0 bridgehead atoms. The number of halogens is 3. The zero-order valence-corrected chi connectivity index (χ0v) is 14.5. The number of hydrogen-bond acceptors (Lipinski definition) is 5. The summed E-state index contributed by atoms with van der Waals surface area (Å²) < 4.78 is 40.3. The summed E-state index contributed by atoms with van der Waals surface area (Å²) in [6.07, 6.45) is -1.14. The topological polar surface area (TPSA) is 74.7 Å². The molecule has 2 aromatic rings. The molecule has 1 saturated heterocycles. The first kappa shape index (κ1) is 19.0. The maximum Gasteiger partial charge on any atom is 0.573 e. The number of nitrogens with zero attached hydrogens (tertiary/aromatic N) is 2. The Labute approximate surface area is 153 Å². The molecule has 1 aliphatic rings. The van der Waals surface area contributed by atoms with Crippen molar-refractivity contribution in [3.05, 3.63) is 48.3 Å². The number of rotatable bonds is 4. The van der Waals surface area contributed by atoms with E-state index in [1.165, 1.54) is 18.3 Å². The minimum absolute atomic E-state index is 0.301. The van der Waals surface area contributed by atoms with Crippen LogP contribution in [0, 0.1) is 0 Å². The molecule has 1 aromatic carbocycles. The summed E-state index contributed by atoms with van der Waals surface area (Å²) in [6, 6.07) is 6.51. The second-order valence-electron chi connectivity index (χ2n) is 6.63. The predicted octanol–water partition coefficient (Wildman–Crippen LogP) is 3.19. The van der Waals surface area contributed by atoms with E-state index in [1.807, 2.05) is 4.90 Å². The first-order valence-electron chi connectivity index (χ1n) is 8.21. The molecule has 1 amide bonds. The fraction of sp³-hybridized carbons (Fsp3) is 0.333. The van der Waals surface area contributed by atoms with Crippen molar-refractivity contribution in [1.82, 2.24) is 4.98 Å². The van der Waals surface area contributed by atoms with Crippen LogP contribution in [0.5, 0.6) is 5.75 Å². The quantitative estimate of drug-likeness (QED) is 0.851. The third-order valence-corrected chi connectivity index (χ3v) is 4.15. The van der Waals surface area contributed by atoms with Crippen molar-refractivity contribution in [3.8, 4) is 5.75 Å². The van der Waals surface area contributed by atoms with E-state index < -0.39 is 17.9 Å². The number of carbonyl (C=O) groups excluding carboxylic acids is 1. The smallest absolute Gasteiger partial charge is 0.406 e. The Balaban J connectivity index is 1.67. The van der Waals surface area contributed by atoms with Crippen molar-refractivity contribution in [2.24, 2.45) is 0 Å². The number of nitrogens with one attached hydrogen (secondary N) is 1. The lowest BCUT2D eigenvalue weighted by atomic mass is 10.1. The summed E-state index contributed by atoms with van der Waals surface area (Å²) in [5, 5.41) is 12.7. The second-order valence-corrected chi connectivity index (χ2v) is 6.63. The highest BCUT2D eigenvalue weighted by atomic mass is 19.4. The number of amides is 1. The van der Waals surface area contributed by atoms with Gasteiger partial charge in [0.15, 0.2) is 0 Å². The molecule has 1 unspecified atom stereocenters. The molecule has 6 nitrogen and oxygen atoms in total. The zero-order chi connectivity index (χ0) is 19.7. The monoisotopic (exact) mass is 381 g/mol. The van der Waals surface area contributed by atoms with Gasteiger partial charge < -0.3 is 20.1 Å². The number of anilines is 2. The third kappa shape index (κ3) is 5.10. The Kier molecular flexibility index (Phi) is 4.97. The molecule has 0 radical (unpaired) electrons. The van der Waals surface area contributed by atoms with Gasteiger partial charge in [-0.1, -0.05) is 0 Å². The fourth-order valence-electron chi connectivity index (χ4n) is 2.83. The number of alkyl halides is 3. The van der Waals surface area contributed by atoms with E-state index in [4.69, 9.17) is 0 Å². The molecule has 1 atom stereocenters. The Hall–Kier alpha value is -2.81.